The number of carbonyl (C=O) groups is 1. The molecule has 0 heterocycles. The highest BCUT2D eigenvalue weighted by atomic mass is 79.9. The summed E-state index contributed by atoms with van der Waals surface area (Å²) in [6, 6.07) is 13.6. The fraction of sp³-hybridized carbons (Fsp3) is 0.133. The van der Waals surface area contributed by atoms with Crippen molar-refractivity contribution in [1.29, 1.82) is 0 Å². The first-order valence-electron chi connectivity index (χ1n) is 5.86. The van der Waals surface area contributed by atoms with E-state index in [1.54, 1.807) is 17.8 Å². The van der Waals surface area contributed by atoms with Gasteiger partial charge in [0, 0.05) is 20.1 Å². The minimum absolute atomic E-state index is 0.402. The molecule has 0 aliphatic carbocycles. The van der Waals surface area contributed by atoms with E-state index in [9.17, 15) is 4.79 Å². The number of benzene rings is 2. The number of methoxy groups -OCH3 is 1. The summed E-state index contributed by atoms with van der Waals surface area (Å²) in [7, 11) is 1.35. The van der Waals surface area contributed by atoms with Crippen molar-refractivity contribution in [2.45, 2.75) is 10.6 Å². The molecule has 2 aromatic carbocycles. The lowest BCUT2D eigenvalue weighted by molar-refractivity contribution is 0.0599. The SMILES string of the molecule is COC(=O)c1cc(Cl)cc(SCc2ccccc2)c1Br. The van der Waals surface area contributed by atoms with Gasteiger partial charge in [0.25, 0.3) is 0 Å². The van der Waals surface area contributed by atoms with Crippen molar-refractivity contribution in [2.24, 2.45) is 0 Å². The van der Waals surface area contributed by atoms with Gasteiger partial charge in [0.1, 0.15) is 0 Å². The molecule has 0 aromatic heterocycles. The first-order chi connectivity index (χ1) is 9.61. The van der Waals surface area contributed by atoms with Crippen LogP contribution in [0.2, 0.25) is 5.02 Å². The van der Waals surface area contributed by atoms with Gasteiger partial charge in [-0.05, 0) is 33.6 Å². The molecule has 0 bridgehead atoms. The van der Waals surface area contributed by atoms with E-state index in [4.69, 9.17) is 16.3 Å². The van der Waals surface area contributed by atoms with Crippen molar-refractivity contribution >= 4 is 45.3 Å². The van der Waals surface area contributed by atoms with Crippen LogP contribution in [-0.2, 0) is 10.5 Å². The second kappa shape index (κ2) is 7.16. The Morgan fingerprint density at radius 1 is 1.30 bits per heavy atom. The zero-order valence-corrected chi connectivity index (χ0v) is 13.9. The molecule has 0 saturated heterocycles. The van der Waals surface area contributed by atoms with Crippen LogP contribution < -0.4 is 0 Å². The maximum atomic E-state index is 11.7. The summed E-state index contributed by atoms with van der Waals surface area (Å²) in [5.74, 6) is 0.404. The third-order valence-electron chi connectivity index (χ3n) is 2.65. The Kier molecular flexibility index (Phi) is 5.52. The molecule has 0 saturated carbocycles. The van der Waals surface area contributed by atoms with Gasteiger partial charge in [-0.3, -0.25) is 0 Å². The molecular weight excluding hydrogens is 360 g/mol. The normalized spacial score (nSPS) is 10.3. The lowest BCUT2D eigenvalue weighted by Gasteiger charge is -2.09. The molecule has 0 amide bonds. The predicted octanol–water partition coefficient (Wildman–Crippen LogP) is 5.18. The average Bonchev–Trinajstić information content (AvgIpc) is 2.48. The topological polar surface area (TPSA) is 26.3 Å². The number of carbonyl (C=O) groups excluding carboxylic acids is 1. The summed E-state index contributed by atoms with van der Waals surface area (Å²) >= 11 is 11.1. The third kappa shape index (κ3) is 3.78. The summed E-state index contributed by atoms with van der Waals surface area (Å²) in [4.78, 5) is 12.6. The standard InChI is InChI=1S/C15H12BrClO2S/c1-19-15(18)12-7-11(17)8-13(14(12)16)20-9-10-5-3-2-4-6-10/h2-8H,9H2,1H3. The summed E-state index contributed by atoms with van der Waals surface area (Å²) in [5.41, 5.74) is 1.65. The molecule has 0 radical (unpaired) electrons. The Morgan fingerprint density at radius 2 is 2.00 bits per heavy atom. The number of esters is 1. The van der Waals surface area contributed by atoms with Crippen LogP contribution in [0.1, 0.15) is 15.9 Å². The summed E-state index contributed by atoms with van der Waals surface area (Å²) < 4.78 is 5.47. The van der Waals surface area contributed by atoms with Gasteiger partial charge >= 0.3 is 5.97 Å². The fourth-order valence-electron chi connectivity index (χ4n) is 1.66. The minimum atomic E-state index is -0.402. The molecule has 2 aromatic rings. The van der Waals surface area contributed by atoms with Crippen LogP contribution in [-0.4, -0.2) is 13.1 Å². The van der Waals surface area contributed by atoms with Crippen molar-refractivity contribution in [3.63, 3.8) is 0 Å². The Hall–Kier alpha value is -0.970. The van der Waals surface area contributed by atoms with Gasteiger partial charge in [0.2, 0.25) is 0 Å². The quantitative estimate of drug-likeness (QED) is 0.547. The highest BCUT2D eigenvalue weighted by Gasteiger charge is 2.15. The molecule has 0 aliphatic heterocycles. The smallest absolute Gasteiger partial charge is 0.339 e. The first kappa shape index (κ1) is 15.4. The second-order valence-electron chi connectivity index (χ2n) is 4.03. The van der Waals surface area contributed by atoms with E-state index in [0.29, 0.717) is 10.6 Å². The van der Waals surface area contributed by atoms with Gasteiger partial charge in [-0.15, -0.1) is 11.8 Å². The summed E-state index contributed by atoms with van der Waals surface area (Å²) in [6.45, 7) is 0. The molecule has 0 aliphatic rings. The maximum Gasteiger partial charge on any atom is 0.339 e. The van der Waals surface area contributed by atoms with E-state index >= 15 is 0 Å². The zero-order chi connectivity index (χ0) is 14.5. The van der Waals surface area contributed by atoms with Crippen molar-refractivity contribution < 1.29 is 9.53 Å². The van der Waals surface area contributed by atoms with Crippen molar-refractivity contribution in [2.75, 3.05) is 7.11 Å². The van der Waals surface area contributed by atoms with Crippen LogP contribution in [0.5, 0.6) is 0 Å². The zero-order valence-electron chi connectivity index (χ0n) is 10.7. The lowest BCUT2D eigenvalue weighted by atomic mass is 10.2. The molecule has 0 fully saturated rings. The highest BCUT2D eigenvalue weighted by Crippen LogP contribution is 2.35. The Bertz CT molecular complexity index is 617. The van der Waals surface area contributed by atoms with E-state index in [1.807, 2.05) is 24.3 Å². The number of hydrogen-bond donors (Lipinski definition) is 0. The number of rotatable bonds is 4. The molecule has 2 nitrogen and oxygen atoms in total. The van der Waals surface area contributed by atoms with E-state index in [-0.39, 0.29) is 0 Å². The highest BCUT2D eigenvalue weighted by molar-refractivity contribution is 9.10. The van der Waals surface area contributed by atoms with Crippen LogP contribution in [0.25, 0.3) is 0 Å². The van der Waals surface area contributed by atoms with Crippen LogP contribution in [0.3, 0.4) is 0 Å². The van der Waals surface area contributed by atoms with Crippen LogP contribution in [0.4, 0.5) is 0 Å². The number of thioether (sulfide) groups is 1. The molecule has 0 unspecified atom stereocenters. The summed E-state index contributed by atoms with van der Waals surface area (Å²) in [6.07, 6.45) is 0. The fourth-order valence-corrected chi connectivity index (χ4v) is 3.64. The Morgan fingerprint density at radius 3 is 2.65 bits per heavy atom. The Balaban J connectivity index is 2.23. The Labute approximate surface area is 135 Å². The van der Waals surface area contributed by atoms with E-state index < -0.39 is 5.97 Å². The van der Waals surface area contributed by atoms with Gasteiger partial charge in [0.05, 0.1) is 12.7 Å². The molecule has 0 N–H and O–H groups in total. The van der Waals surface area contributed by atoms with Crippen molar-refractivity contribution in [3.05, 3.63) is 63.1 Å². The summed E-state index contributed by atoms with van der Waals surface area (Å²) in [5, 5.41) is 0.518. The minimum Gasteiger partial charge on any atom is -0.465 e. The lowest BCUT2D eigenvalue weighted by Crippen LogP contribution is -2.03. The number of hydrogen-bond acceptors (Lipinski definition) is 3. The molecule has 20 heavy (non-hydrogen) atoms. The molecule has 104 valence electrons. The number of ether oxygens (including phenoxy) is 1. The monoisotopic (exact) mass is 370 g/mol. The van der Waals surface area contributed by atoms with Crippen LogP contribution in [0.15, 0.2) is 51.8 Å². The van der Waals surface area contributed by atoms with Gasteiger partial charge < -0.3 is 4.74 Å². The average molecular weight is 372 g/mol. The van der Waals surface area contributed by atoms with Crippen LogP contribution in [0, 0.1) is 0 Å². The first-order valence-corrected chi connectivity index (χ1v) is 8.01. The van der Waals surface area contributed by atoms with E-state index in [1.165, 1.54) is 12.7 Å². The van der Waals surface area contributed by atoms with E-state index in [2.05, 4.69) is 28.1 Å². The third-order valence-corrected chi connectivity index (χ3v) is 5.09. The van der Waals surface area contributed by atoms with Crippen molar-refractivity contribution in [3.8, 4) is 0 Å². The largest absolute Gasteiger partial charge is 0.465 e. The predicted molar refractivity (Wildman–Crippen MR) is 86.5 cm³/mol. The van der Waals surface area contributed by atoms with Gasteiger partial charge in [-0.25, -0.2) is 4.79 Å². The molecular formula is C15H12BrClO2S. The number of halogens is 2. The molecule has 0 spiro atoms. The van der Waals surface area contributed by atoms with Crippen LogP contribution >= 0.6 is 39.3 Å². The van der Waals surface area contributed by atoms with Gasteiger partial charge in [0.15, 0.2) is 0 Å². The van der Waals surface area contributed by atoms with E-state index in [0.717, 1.165) is 15.1 Å². The molecule has 0 atom stereocenters. The van der Waals surface area contributed by atoms with Gasteiger partial charge in [-0.1, -0.05) is 41.9 Å². The molecule has 5 heteroatoms. The maximum absolute atomic E-state index is 11.7. The van der Waals surface area contributed by atoms with Gasteiger partial charge in [-0.2, -0.15) is 0 Å². The molecule has 2 rings (SSSR count). The second-order valence-corrected chi connectivity index (χ2v) is 6.28. The van der Waals surface area contributed by atoms with Crippen molar-refractivity contribution in [1.82, 2.24) is 0 Å².